The first-order valence-electron chi connectivity index (χ1n) is 5.63. The molecular formula is C13H20BrNO. The summed E-state index contributed by atoms with van der Waals surface area (Å²) in [6.07, 6.45) is 1.11. The van der Waals surface area contributed by atoms with Gasteiger partial charge in [-0.1, -0.05) is 34.1 Å². The molecule has 0 radical (unpaired) electrons. The van der Waals surface area contributed by atoms with Gasteiger partial charge in [-0.3, -0.25) is 0 Å². The summed E-state index contributed by atoms with van der Waals surface area (Å²) in [6, 6.07) is 9.91. The highest BCUT2D eigenvalue weighted by atomic mass is 79.9. The minimum Gasteiger partial charge on any atom is -0.492 e. The molecule has 0 aromatic heterocycles. The van der Waals surface area contributed by atoms with E-state index in [0.29, 0.717) is 6.61 Å². The Labute approximate surface area is 107 Å². The van der Waals surface area contributed by atoms with Gasteiger partial charge in [0.25, 0.3) is 0 Å². The zero-order valence-electron chi connectivity index (χ0n) is 10.0. The number of para-hydroxylation sites is 1. The lowest BCUT2D eigenvalue weighted by Gasteiger charge is -2.25. The fourth-order valence-electron chi connectivity index (χ4n) is 1.40. The zero-order valence-corrected chi connectivity index (χ0v) is 11.6. The molecule has 1 aromatic carbocycles. The highest BCUT2D eigenvalue weighted by molar-refractivity contribution is 9.09. The fourth-order valence-corrected chi connectivity index (χ4v) is 2.39. The van der Waals surface area contributed by atoms with E-state index in [9.17, 15) is 0 Å². The molecule has 16 heavy (non-hydrogen) atoms. The molecule has 1 N–H and O–H groups in total. The first kappa shape index (κ1) is 13.5. The fraction of sp³-hybridized carbons (Fsp3) is 0.538. The highest BCUT2D eigenvalue weighted by Gasteiger charge is 2.14. The average Bonchev–Trinajstić information content (AvgIpc) is 2.26. The van der Waals surface area contributed by atoms with Crippen molar-refractivity contribution in [2.45, 2.75) is 25.8 Å². The average molecular weight is 286 g/mol. The third kappa shape index (κ3) is 5.52. The SMILES string of the molecule is CC(C)(CCBr)NCCOc1ccccc1. The van der Waals surface area contributed by atoms with Gasteiger partial charge in [0.05, 0.1) is 0 Å². The lowest BCUT2D eigenvalue weighted by atomic mass is 10.0. The molecule has 0 fully saturated rings. The van der Waals surface area contributed by atoms with Crippen LogP contribution in [0.5, 0.6) is 5.75 Å². The van der Waals surface area contributed by atoms with Crippen LogP contribution in [-0.4, -0.2) is 24.0 Å². The summed E-state index contributed by atoms with van der Waals surface area (Å²) in [5.74, 6) is 0.933. The van der Waals surface area contributed by atoms with Crippen LogP contribution >= 0.6 is 15.9 Å². The Morgan fingerprint density at radius 1 is 1.25 bits per heavy atom. The molecular weight excluding hydrogens is 266 g/mol. The van der Waals surface area contributed by atoms with Gasteiger partial charge in [0, 0.05) is 17.4 Å². The van der Waals surface area contributed by atoms with E-state index in [1.807, 2.05) is 30.3 Å². The van der Waals surface area contributed by atoms with E-state index >= 15 is 0 Å². The smallest absolute Gasteiger partial charge is 0.119 e. The molecule has 0 saturated carbocycles. The Morgan fingerprint density at radius 3 is 2.56 bits per heavy atom. The quantitative estimate of drug-likeness (QED) is 0.614. The number of hydrogen-bond acceptors (Lipinski definition) is 2. The number of hydrogen-bond donors (Lipinski definition) is 1. The molecule has 0 aliphatic heterocycles. The van der Waals surface area contributed by atoms with Crippen molar-refractivity contribution in [2.75, 3.05) is 18.5 Å². The maximum absolute atomic E-state index is 5.61. The summed E-state index contributed by atoms with van der Waals surface area (Å²) in [7, 11) is 0. The van der Waals surface area contributed by atoms with Crippen LogP contribution in [0.25, 0.3) is 0 Å². The number of alkyl halides is 1. The molecule has 1 rings (SSSR count). The molecule has 0 amide bonds. The monoisotopic (exact) mass is 285 g/mol. The largest absolute Gasteiger partial charge is 0.492 e. The number of nitrogens with one attached hydrogen (secondary N) is 1. The van der Waals surface area contributed by atoms with Crippen LogP contribution in [0.3, 0.4) is 0 Å². The maximum atomic E-state index is 5.61. The van der Waals surface area contributed by atoms with Crippen molar-refractivity contribution in [1.29, 1.82) is 0 Å². The molecule has 90 valence electrons. The van der Waals surface area contributed by atoms with E-state index in [1.165, 1.54) is 0 Å². The summed E-state index contributed by atoms with van der Waals surface area (Å²) in [5, 5.41) is 4.50. The van der Waals surface area contributed by atoms with Gasteiger partial charge in [-0.25, -0.2) is 0 Å². The molecule has 0 atom stereocenters. The lowest BCUT2D eigenvalue weighted by molar-refractivity contribution is 0.281. The molecule has 0 aliphatic rings. The van der Waals surface area contributed by atoms with Crippen molar-refractivity contribution in [3.05, 3.63) is 30.3 Å². The van der Waals surface area contributed by atoms with Gasteiger partial charge in [0.15, 0.2) is 0 Å². The number of rotatable bonds is 7. The minimum absolute atomic E-state index is 0.170. The first-order valence-corrected chi connectivity index (χ1v) is 6.75. The standard InChI is InChI=1S/C13H20BrNO/c1-13(2,8-9-14)15-10-11-16-12-6-4-3-5-7-12/h3-7,15H,8-11H2,1-2H3. The van der Waals surface area contributed by atoms with Crippen molar-refractivity contribution in [3.63, 3.8) is 0 Å². The second-order valence-electron chi connectivity index (χ2n) is 4.41. The molecule has 0 aliphatic carbocycles. The molecule has 1 aromatic rings. The molecule has 2 nitrogen and oxygen atoms in total. The van der Waals surface area contributed by atoms with Gasteiger partial charge in [0.1, 0.15) is 12.4 Å². The van der Waals surface area contributed by atoms with Crippen molar-refractivity contribution < 1.29 is 4.74 Å². The third-order valence-corrected chi connectivity index (χ3v) is 2.83. The van der Waals surface area contributed by atoms with Crippen LogP contribution in [0.15, 0.2) is 30.3 Å². The summed E-state index contributed by atoms with van der Waals surface area (Å²) in [6.45, 7) is 5.98. The van der Waals surface area contributed by atoms with E-state index in [4.69, 9.17) is 4.74 Å². The topological polar surface area (TPSA) is 21.3 Å². The van der Waals surface area contributed by atoms with E-state index in [2.05, 4.69) is 35.1 Å². The Kier molecular flexibility index (Phi) is 5.85. The van der Waals surface area contributed by atoms with Crippen LogP contribution in [0.2, 0.25) is 0 Å². The van der Waals surface area contributed by atoms with Gasteiger partial charge in [-0.15, -0.1) is 0 Å². The molecule has 0 bridgehead atoms. The maximum Gasteiger partial charge on any atom is 0.119 e. The van der Waals surface area contributed by atoms with Crippen molar-refractivity contribution in [3.8, 4) is 5.75 Å². The second kappa shape index (κ2) is 6.92. The van der Waals surface area contributed by atoms with Gasteiger partial charge < -0.3 is 10.1 Å². The summed E-state index contributed by atoms with van der Waals surface area (Å²) < 4.78 is 5.61. The predicted octanol–water partition coefficient (Wildman–Crippen LogP) is 3.22. The van der Waals surface area contributed by atoms with Crippen LogP contribution in [0.1, 0.15) is 20.3 Å². The molecule has 0 heterocycles. The normalized spacial score (nSPS) is 11.4. The van der Waals surface area contributed by atoms with Gasteiger partial charge in [-0.05, 0) is 32.4 Å². The van der Waals surface area contributed by atoms with Gasteiger partial charge in [0.2, 0.25) is 0 Å². The van der Waals surface area contributed by atoms with Crippen molar-refractivity contribution in [1.82, 2.24) is 5.32 Å². The van der Waals surface area contributed by atoms with Crippen LogP contribution in [0, 0.1) is 0 Å². The summed E-state index contributed by atoms with van der Waals surface area (Å²) in [4.78, 5) is 0. The van der Waals surface area contributed by atoms with Crippen LogP contribution in [0.4, 0.5) is 0 Å². The number of halogens is 1. The Bertz CT molecular complexity index is 287. The molecule has 0 unspecified atom stereocenters. The molecule has 0 saturated heterocycles. The third-order valence-electron chi connectivity index (χ3n) is 2.44. The highest BCUT2D eigenvalue weighted by Crippen LogP contribution is 2.10. The summed E-state index contributed by atoms with van der Waals surface area (Å²) >= 11 is 3.46. The molecule has 0 spiro atoms. The minimum atomic E-state index is 0.170. The van der Waals surface area contributed by atoms with Crippen molar-refractivity contribution in [2.24, 2.45) is 0 Å². The lowest BCUT2D eigenvalue weighted by Crippen LogP contribution is -2.41. The Balaban J connectivity index is 2.17. The zero-order chi connectivity index (χ0) is 11.9. The predicted molar refractivity (Wildman–Crippen MR) is 72.4 cm³/mol. The van der Waals surface area contributed by atoms with Crippen LogP contribution < -0.4 is 10.1 Å². The van der Waals surface area contributed by atoms with E-state index < -0.39 is 0 Å². The summed E-state index contributed by atoms with van der Waals surface area (Å²) in [5.41, 5.74) is 0.170. The first-order chi connectivity index (χ1) is 7.64. The van der Waals surface area contributed by atoms with E-state index in [-0.39, 0.29) is 5.54 Å². The Hall–Kier alpha value is -0.540. The Morgan fingerprint density at radius 2 is 1.94 bits per heavy atom. The number of benzene rings is 1. The van der Waals surface area contributed by atoms with Gasteiger partial charge >= 0.3 is 0 Å². The van der Waals surface area contributed by atoms with E-state index in [1.54, 1.807) is 0 Å². The second-order valence-corrected chi connectivity index (χ2v) is 5.20. The van der Waals surface area contributed by atoms with Crippen LogP contribution in [-0.2, 0) is 0 Å². The molecule has 3 heteroatoms. The van der Waals surface area contributed by atoms with Crippen molar-refractivity contribution >= 4 is 15.9 Å². The van der Waals surface area contributed by atoms with E-state index in [0.717, 1.165) is 24.0 Å². The van der Waals surface area contributed by atoms with Gasteiger partial charge in [-0.2, -0.15) is 0 Å². The number of ether oxygens (including phenoxy) is 1.